The second-order valence-electron chi connectivity index (χ2n) is 3.91. The van der Waals surface area contributed by atoms with Crippen molar-refractivity contribution in [3.05, 3.63) is 29.8 Å². The Morgan fingerprint density at radius 2 is 2.05 bits per heavy atom. The third-order valence-corrected chi connectivity index (χ3v) is 2.68. The minimum Gasteiger partial charge on any atom is -0.493 e. The predicted molar refractivity (Wildman–Crippen MR) is 71.5 cm³/mol. The standard InChI is InChI=1S/C12H15N5O3/c1-19-9-3-7(8(13)4-10(9)20-2)12(18)14-5-11-15-6-16-17-11/h3-4,6H,5,13H2,1-2H3,(H,14,18)(H,15,16,17). The van der Waals surface area contributed by atoms with Crippen molar-refractivity contribution in [2.24, 2.45) is 0 Å². The minimum atomic E-state index is -0.333. The lowest BCUT2D eigenvalue weighted by Gasteiger charge is -2.12. The Hall–Kier alpha value is -2.77. The Kier molecular flexibility index (Phi) is 4.04. The predicted octanol–water partition coefficient (Wildman–Crippen LogP) is 0.334. The number of hydrogen-bond donors (Lipinski definition) is 3. The van der Waals surface area contributed by atoms with E-state index in [2.05, 4.69) is 20.5 Å². The fraction of sp³-hybridized carbons (Fsp3) is 0.250. The van der Waals surface area contributed by atoms with E-state index in [1.165, 1.54) is 26.6 Å². The number of nitrogens with two attached hydrogens (primary N) is 1. The maximum Gasteiger partial charge on any atom is 0.253 e. The number of nitrogen functional groups attached to an aromatic ring is 1. The lowest BCUT2D eigenvalue weighted by atomic mass is 10.1. The van der Waals surface area contributed by atoms with Gasteiger partial charge in [-0.15, -0.1) is 0 Å². The van der Waals surface area contributed by atoms with E-state index in [0.29, 0.717) is 28.6 Å². The molecule has 20 heavy (non-hydrogen) atoms. The Labute approximate surface area is 115 Å². The summed E-state index contributed by atoms with van der Waals surface area (Å²) in [6.45, 7) is 0.229. The van der Waals surface area contributed by atoms with Crippen molar-refractivity contribution in [2.45, 2.75) is 6.54 Å². The molecule has 0 saturated carbocycles. The van der Waals surface area contributed by atoms with E-state index < -0.39 is 0 Å². The van der Waals surface area contributed by atoms with Crippen LogP contribution in [0.5, 0.6) is 11.5 Å². The van der Waals surface area contributed by atoms with Crippen molar-refractivity contribution in [2.75, 3.05) is 20.0 Å². The van der Waals surface area contributed by atoms with Gasteiger partial charge in [-0.2, -0.15) is 5.10 Å². The molecule has 0 aliphatic heterocycles. The smallest absolute Gasteiger partial charge is 0.253 e. The lowest BCUT2D eigenvalue weighted by Crippen LogP contribution is -2.24. The summed E-state index contributed by atoms with van der Waals surface area (Å²) in [5, 5.41) is 9.02. The van der Waals surface area contributed by atoms with Gasteiger partial charge < -0.3 is 20.5 Å². The van der Waals surface area contributed by atoms with Crippen LogP contribution in [0.15, 0.2) is 18.5 Å². The van der Waals surface area contributed by atoms with Crippen LogP contribution < -0.4 is 20.5 Å². The number of amides is 1. The molecule has 1 aromatic carbocycles. The zero-order chi connectivity index (χ0) is 14.5. The second kappa shape index (κ2) is 5.91. The number of nitrogens with one attached hydrogen (secondary N) is 2. The highest BCUT2D eigenvalue weighted by molar-refractivity contribution is 6.00. The van der Waals surface area contributed by atoms with Gasteiger partial charge in [-0.25, -0.2) is 4.98 Å². The van der Waals surface area contributed by atoms with Gasteiger partial charge >= 0.3 is 0 Å². The highest BCUT2D eigenvalue weighted by atomic mass is 16.5. The SMILES string of the molecule is COc1cc(N)c(C(=O)NCc2ncn[nH]2)cc1OC. The number of aromatic amines is 1. The number of methoxy groups -OCH3 is 2. The van der Waals surface area contributed by atoms with Gasteiger partial charge in [0, 0.05) is 11.8 Å². The summed E-state index contributed by atoms with van der Waals surface area (Å²) in [6.07, 6.45) is 1.37. The Morgan fingerprint density at radius 1 is 1.35 bits per heavy atom. The molecule has 0 spiro atoms. The van der Waals surface area contributed by atoms with E-state index in [4.69, 9.17) is 15.2 Å². The molecule has 2 aromatic rings. The van der Waals surface area contributed by atoms with Gasteiger partial charge in [0.1, 0.15) is 12.2 Å². The van der Waals surface area contributed by atoms with Gasteiger partial charge in [0.05, 0.1) is 26.3 Å². The average Bonchev–Trinajstić information content (AvgIpc) is 2.97. The van der Waals surface area contributed by atoms with Gasteiger partial charge in [0.15, 0.2) is 11.5 Å². The van der Waals surface area contributed by atoms with Crippen molar-refractivity contribution < 1.29 is 14.3 Å². The minimum absolute atomic E-state index is 0.229. The Bertz CT molecular complexity index is 597. The summed E-state index contributed by atoms with van der Waals surface area (Å²) in [6, 6.07) is 3.08. The Balaban J connectivity index is 2.16. The molecule has 0 radical (unpaired) electrons. The number of rotatable bonds is 5. The molecule has 0 atom stereocenters. The summed E-state index contributed by atoms with van der Waals surface area (Å²) in [5.74, 6) is 1.13. The van der Waals surface area contributed by atoms with Crippen molar-refractivity contribution >= 4 is 11.6 Å². The van der Waals surface area contributed by atoms with Crippen molar-refractivity contribution in [1.82, 2.24) is 20.5 Å². The molecule has 1 heterocycles. The van der Waals surface area contributed by atoms with Gasteiger partial charge in [-0.05, 0) is 6.07 Å². The first kappa shape index (κ1) is 13.7. The van der Waals surface area contributed by atoms with Gasteiger partial charge in [0.25, 0.3) is 5.91 Å². The quantitative estimate of drug-likeness (QED) is 0.678. The highest BCUT2D eigenvalue weighted by Gasteiger charge is 2.15. The summed E-state index contributed by atoms with van der Waals surface area (Å²) < 4.78 is 10.3. The van der Waals surface area contributed by atoms with E-state index >= 15 is 0 Å². The van der Waals surface area contributed by atoms with Crippen molar-refractivity contribution in [1.29, 1.82) is 0 Å². The molecule has 8 nitrogen and oxygen atoms in total. The third kappa shape index (κ3) is 2.79. The fourth-order valence-corrected chi connectivity index (χ4v) is 1.67. The molecular weight excluding hydrogens is 262 g/mol. The number of aromatic nitrogens is 3. The third-order valence-electron chi connectivity index (χ3n) is 2.68. The molecule has 106 valence electrons. The maximum atomic E-state index is 12.1. The van der Waals surface area contributed by atoms with Gasteiger partial charge in [-0.3, -0.25) is 9.89 Å². The van der Waals surface area contributed by atoms with Crippen LogP contribution >= 0.6 is 0 Å². The van der Waals surface area contributed by atoms with Crippen LogP contribution in [0.1, 0.15) is 16.2 Å². The molecular formula is C12H15N5O3. The van der Waals surface area contributed by atoms with Gasteiger partial charge in [0.2, 0.25) is 0 Å². The van der Waals surface area contributed by atoms with E-state index in [0.717, 1.165) is 0 Å². The lowest BCUT2D eigenvalue weighted by molar-refractivity contribution is 0.0950. The van der Waals surface area contributed by atoms with Gasteiger partial charge in [-0.1, -0.05) is 0 Å². The average molecular weight is 277 g/mol. The fourth-order valence-electron chi connectivity index (χ4n) is 1.67. The number of anilines is 1. The molecule has 0 aliphatic rings. The largest absolute Gasteiger partial charge is 0.493 e. The van der Waals surface area contributed by atoms with E-state index in [-0.39, 0.29) is 12.5 Å². The van der Waals surface area contributed by atoms with Crippen molar-refractivity contribution in [3.8, 4) is 11.5 Å². The number of carbonyl (C=O) groups is 1. The molecule has 1 amide bonds. The van der Waals surface area contributed by atoms with E-state index in [1.807, 2.05) is 0 Å². The monoisotopic (exact) mass is 277 g/mol. The molecule has 0 bridgehead atoms. The van der Waals surface area contributed by atoms with Crippen molar-refractivity contribution in [3.63, 3.8) is 0 Å². The highest BCUT2D eigenvalue weighted by Crippen LogP contribution is 2.31. The molecule has 0 aliphatic carbocycles. The number of benzene rings is 1. The zero-order valence-electron chi connectivity index (χ0n) is 11.1. The second-order valence-corrected chi connectivity index (χ2v) is 3.91. The number of carbonyl (C=O) groups excluding carboxylic acids is 1. The normalized spacial score (nSPS) is 10.1. The maximum absolute atomic E-state index is 12.1. The summed E-state index contributed by atoms with van der Waals surface area (Å²) in [7, 11) is 2.99. The van der Waals surface area contributed by atoms with Crippen LogP contribution in [-0.2, 0) is 6.54 Å². The van der Waals surface area contributed by atoms with Crippen LogP contribution in [0.25, 0.3) is 0 Å². The summed E-state index contributed by atoms with van der Waals surface area (Å²) in [4.78, 5) is 16.0. The van der Waals surface area contributed by atoms with Crippen LogP contribution in [-0.4, -0.2) is 35.3 Å². The molecule has 8 heteroatoms. The first-order valence-corrected chi connectivity index (χ1v) is 5.79. The van der Waals surface area contributed by atoms with E-state index in [9.17, 15) is 4.79 Å². The molecule has 1 aromatic heterocycles. The number of H-pyrrole nitrogens is 1. The first-order valence-electron chi connectivity index (χ1n) is 5.79. The molecule has 0 fully saturated rings. The van der Waals surface area contributed by atoms with E-state index in [1.54, 1.807) is 6.07 Å². The number of nitrogens with zero attached hydrogens (tertiary/aromatic N) is 2. The summed E-state index contributed by atoms with van der Waals surface area (Å²) in [5.41, 5.74) is 6.45. The Morgan fingerprint density at radius 3 is 2.65 bits per heavy atom. The molecule has 0 unspecified atom stereocenters. The first-order chi connectivity index (χ1) is 9.65. The van der Waals surface area contributed by atoms with Crippen LogP contribution in [0.3, 0.4) is 0 Å². The summed E-state index contributed by atoms with van der Waals surface area (Å²) >= 11 is 0. The topological polar surface area (TPSA) is 115 Å². The molecule has 2 rings (SSSR count). The van der Waals surface area contributed by atoms with Crippen LogP contribution in [0, 0.1) is 0 Å². The van der Waals surface area contributed by atoms with Crippen LogP contribution in [0.2, 0.25) is 0 Å². The molecule has 4 N–H and O–H groups in total. The molecule has 0 saturated heterocycles. The number of hydrogen-bond acceptors (Lipinski definition) is 6. The zero-order valence-corrected chi connectivity index (χ0v) is 11.1. The van der Waals surface area contributed by atoms with Crippen LogP contribution in [0.4, 0.5) is 5.69 Å². The number of ether oxygens (including phenoxy) is 2.